The number of amides is 2. The van der Waals surface area contributed by atoms with Gasteiger partial charge in [0, 0.05) is 5.02 Å². The molecule has 2 aromatic heterocycles. The highest BCUT2D eigenvalue weighted by Gasteiger charge is 2.26. The number of anilines is 1. The van der Waals surface area contributed by atoms with Crippen molar-refractivity contribution in [2.45, 2.75) is 26.9 Å². The fraction of sp³-hybridized carbons (Fsp3) is 0.227. The lowest BCUT2D eigenvalue weighted by molar-refractivity contribution is 0.0506. The molecule has 0 saturated carbocycles. The number of hydrogen-bond acceptors (Lipinski definition) is 7. The van der Waals surface area contributed by atoms with E-state index in [1.165, 1.54) is 6.07 Å². The van der Waals surface area contributed by atoms with Crippen molar-refractivity contribution in [3.8, 4) is 5.75 Å². The monoisotopic (exact) mass is 476 g/mol. The van der Waals surface area contributed by atoms with Crippen LogP contribution in [-0.2, 0) is 11.3 Å². The summed E-state index contributed by atoms with van der Waals surface area (Å²) < 4.78 is 16.3. The van der Waals surface area contributed by atoms with Crippen LogP contribution in [0.15, 0.2) is 40.8 Å². The Morgan fingerprint density at radius 3 is 2.53 bits per heavy atom. The number of furan rings is 1. The van der Waals surface area contributed by atoms with Gasteiger partial charge < -0.3 is 24.9 Å². The number of esters is 1. The number of nitrogens with one attached hydrogen (secondary N) is 1. The van der Waals surface area contributed by atoms with Gasteiger partial charge in [0.15, 0.2) is 5.76 Å². The lowest BCUT2D eigenvalue weighted by Gasteiger charge is -2.07. The van der Waals surface area contributed by atoms with Gasteiger partial charge in [-0.1, -0.05) is 18.5 Å². The minimum absolute atomic E-state index is 0.0132. The number of carbonyl (C=O) groups is 3. The quantitative estimate of drug-likeness (QED) is 0.428. The van der Waals surface area contributed by atoms with E-state index < -0.39 is 17.8 Å². The minimum Gasteiger partial charge on any atom is -0.486 e. The predicted molar refractivity (Wildman–Crippen MR) is 121 cm³/mol. The maximum absolute atomic E-state index is 12.7. The van der Waals surface area contributed by atoms with E-state index in [9.17, 15) is 14.4 Å². The van der Waals surface area contributed by atoms with Crippen LogP contribution in [0.3, 0.4) is 0 Å². The molecule has 2 heterocycles. The first kappa shape index (κ1) is 23.4. The topological polar surface area (TPSA) is 121 Å². The number of primary amides is 1. The number of halogens is 1. The molecule has 0 atom stereocenters. The molecule has 3 aromatic rings. The summed E-state index contributed by atoms with van der Waals surface area (Å²) in [6.07, 6.45) is 0.632. The van der Waals surface area contributed by atoms with Gasteiger partial charge in [-0.15, -0.1) is 11.3 Å². The highest BCUT2D eigenvalue weighted by molar-refractivity contribution is 7.18. The van der Waals surface area contributed by atoms with Crippen molar-refractivity contribution < 1.29 is 28.3 Å². The van der Waals surface area contributed by atoms with Gasteiger partial charge in [0.2, 0.25) is 0 Å². The molecule has 0 bridgehead atoms. The molecule has 0 aliphatic carbocycles. The molecule has 0 fully saturated rings. The largest absolute Gasteiger partial charge is 0.486 e. The van der Waals surface area contributed by atoms with Crippen LogP contribution in [0.4, 0.5) is 5.00 Å². The first-order valence-electron chi connectivity index (χ1n) is 9.68. The van der Waals surface area contributed by atoms with E-state index >= 15 is 0 Å². The zero-order chi connectivity index (χ0) is 23.3. The molecule has 0 spiro atoms. The second-order valence-corrected chi connectivity index (χ2v) is 8.18. The SMILES string of the molecule is CCCOC(=O)c1c(NC(=O)c2ccc(COc3ccc(Cl)cc3)o2)sc(C(N)=O)c1C. The van der Waals surface area contributed by atoms with Crippen molar-refractivity contribution in [3.63, 3.8) is 0 Å². The van der Waals surface area contributed by atoms with Crippen molar-refractivity contribution in [3.05, 3.63) is 68.9 Å². The number of ether oxygens (including phenoxy) is 2. The van der Waals surface area contributed by atoms with Gasteiger partial charge in [0.1, 0.15) is 23.1 Å². The summed E-state index contributed by atoms with van der Waals surface area (Å²) in [5.41, 5.74) is 5.86. The van der Waals surface area contributed by atoms with Gasteiger partial charge in [0.25, 0.3) is 11.8 Å². The third-order valence-corrected chi connectivity index (χ3v) is 5.79. The zero-order valence-electron chi connectivity index (χ0n) is 17.4. The minimum atomic E-state index is -0.697. The number of hydrogen-bond donors (Lipinski definition) is 2. The summed E-state index contributed by atoms with van der Waals surface area (Å²) >= 11 is 6.76. The van der Waals surface area contributed by atoms with E-state index in [1.54, 1.807) is 37.3 Å². The third-order valence-electron chi connectivity index (χ3n) is 4.32. The fourth-order valence-corrected chi connectivity index (χ4v) is 3.94. The second kappa shape index (κ2) is 10.3. The van der Waals surface area contributed by atoms with Gasteiger partial charge in [0.05, 0.1) is 17.0 Å². The molecule has 3 rings (SSSR count). The van der Waals surface area contributed by atoms with Gasteiger partial charge in [-0.2, -0.15) is 0 Å². The molecular weight excluding hydrogens is 456 g/mol. The van der Waals surface area contributed by atoms with Gasteiger partial charge in [-0.25, -0.2) is 4.79 Å². The summed E-state index contributed by atoms with van der Waals surface area (Å²) in [6, 6.07) is 9.92. The summed E-state index contributed by atoms with van der Waals surface area (Å²) in [5.74, 6) is -0.895. The van der Waals surface area contributed by atoms with Crippen LogP contribution in [0.5, 0.6) is 5.75 Å². The van der Waals surface area contributed by atoms with E-state index in [-0.39, 0.29) is 34.4 Å². The van der Waals surface area contributed by atoms with Crippen molar-refractivity contribution >= 4 is 45.7 Å². The second-order valence-electron chi connectivity index (χ2n) is 6.72. The van der Waals surface area contributed by atoms with Crippen LogP contribution in [-0.4, -0.2) is 24.4 Å². The van der Waals surface area contributed by atoms with E-state index in [4.69, 9.17) is 31.2 Å². The highest BCUT2D eigenvalue weighted by Crippen LogP contribution is 2.34. The van der Waals surface area contributed by atoms with E-state index in [0.717, 1.165) is 11.3 Å². The predicted octanol–water partition coefficient (Wildman–Crippen LogP) is 4.80. The normalized spacial score (nSPS) is 10.6. The first-order valence-corrected chi connectivity index (χ1v) is 10.9. The Balaban J connectivity index is 1.74. The number of carbonyl (C=O) groups excluding carboxylic acids is 3. The van der Waals surface area contributed by atoms with Crippen molar-refractivity contribution in [1.82, 2.24) is 0 Å². The lowest BCUT2D eigenvalue weighted by Crippen LogP contribution is -2.15. The average Bonchev–Trinajstić information content (AvgIpc) is 3.36. The average molecular weight is 477 g/mol. The van der Waals surface area contributed by atoms with Crippen LogP contribution >= 0.6 is 22.9 Å². The molecule has 1 aromatic carbocycles. The van der Waals surface area contributed by atoms with Gasteiger partial charge >= 0.3 is 5.97 Å². The molecule has 2 amide bonds. The molecular formula is C22H21ClN2O6S. The van der Waals surface area contributed by atoms with Gasteiger partial charge in [-0.05, 0) is 55.3 Å². The van der Waals surface area contributed by atoms with Gasteiger partial charge in [-0.3, -0.25) is 9.59 Å². The Labute approximate surface area is 193 Å². The molecule has 0 radical (unpaired) electrons. The molecule has 32 heavy (non-hydrogen) atoms. The molecule has 0 aliphatic rings. The van der Waals surface area contributed by atoms with E-state index in [2.05, 4.69) is 5.32 Å². The number of thiophene rings is 1. The summed E-state index contributed by atoms with van der Waals surface area (Å²) in [6.45, 7) is 3.75. The standard InChI is InChI=1S/C22H21ClN2O6S/c1-3-10-29-22(28)17-12(2)18(19(24)26)32-21(17)25-20(27)16-9-8-15(31-16)11-30-14-6-4-13(23)5-7-14/h4-9H,3,10-11H2,1-2H3,(H2,24,26)(H,25,27). The Kier molecular flexibility index (Phi) is 7.55. The Morgan fingerprint density at radius 1 is 1.16 bits per heavy atom. The van der Waals surface area contributed by atoms with Crippen LogP contribution < -0.4 is 15.8 Å². The molecule has 0 aliphatic heterocycles. The van der Waals surface area contributed by atoms with Crippen LogP contribution in [0.2, 0.25) is 5.02 Å². The van der Waals surface area contributed by atoms with E-state index in [0.29, 0.717) is 28.5 Å². The maximum atomic E-state index is 12.7. The molecule has 168 valence electrons. The number of benzene rings is 1. The maximum Gasteiger partial charge on any atom is 0.341 e. The zero-order valence-corrected chi connectivity index (χ0v) is 19.0. The van der Waals surface area contributed by atoms with E-state index in [1.807, 2.05) is 6.92 Å². The summed E-state index contributed by atoms with van der Waals surface area (Å²) in [5, 5.41) is 3.37. The Morgan fingerprint density at radius 2 is 1.88 bits per heavy atom. The number of nitrogens with two attached hydrogens (primary N) is 1. The summed E-state index contributed by atoms with van der Waals surface area (Å²) in [7, 11) is 0. The molecule has 0 unspecified atom stereocenters. The van der Waals surface area contributed by atoms with Crippen molar-refractivity contribution in [2.24, 2.45) is 5.73 Å². The Hall–Kier alpha value is -3.30. The molecule has 3 N–H and O–H groups in total. The lowest BCUT2D eigenvalue weighted by atomic mass is 10.1. The first-order chi connectivity index (χ1) is 15.3. The van der Waals surface area contributed by atoms with Crippen LogP contribution in [0.25, 0.3) is 0 Å². The Bertz CT molecular complexity index is 1140. The van der Waals surface area contributed by atoms with Crippen molar-refractivity contribution in [2.75, 3.05) is 11.9 Å². The third kappa shape index (κ3) is 5.49. The highest BCUT2D eigenvalue weighted by atomic mass is 35.5. The van der Waals surface area contributed by atoms with Crippen LogP contribution in [0, 0.1) is 6.92 Å². The number of rotatable bonds is 9. The fourth-order valence-electron chi connectivity index (χ4n) is 2.78. The van der Waals surface area contributed by atoms with Crippen molar-refractivity contribution in [1.29, 1.82) is 0 Å². The molecule has 10 heteroatoms. The molecule has 8 nitrogen and oxygen atoms in total. The smallest absolute Gasteiger partial charge is 0.341 e. The molecule has 0 saturated heterocycles. The summed E-state index contributed by atoms with van der Waals surface area (Å²) in [4.78, 5) is 37.1. The van der Waals surface area contributed by atoms with Crippen LogP contribution in [0.1, 0.15) is 55.3 Å².